The van der Waals surface area contributed by atoms with E-state index in [-0.39, 0.29) is 0 Å². The van der Waals surface area contributed by atoms with E-state index in [9.17, 15) is 0 Å². The molecule has 0 unspecified atom stereocenters. The van der Waals surface area contributed by atoms with Crippen LogP contribution in [0.25, 0.3) is 0 Å². The molecule has 1 aliphatic heterocycles. The molecule has 0 atom stereocenters. The molecule has 1 fully saturated rings. The number of ether oxygens (including phenoxy) is 1. The minimum Gasteiger partial charge on any atom is -0.456 e. The Balaban J connectivity index is 1.72. The van der Waals surface area contributed by atoms with Crippen molar-refractivity contribution in [3.05, 3.63) is 47.7 Å². The summed E-state index contributed by atoms with van der Waals surface area (Å²) in [7, 11) is 0. The van der Waals surface area contributed by atoms with Gasteiger partial charge in [0.25, 0.3) is 0 Å². The number of piperidine rings is 1. The van der Waals surface area contributed by atoms with Crippen LogP contribution in [0.15, 0.2) is 42.6 Å². The summed E-state index contributed by atoms with van der Waals surface area (Å²) in [6, 6.07) is 11.8. The zero-order valence-electron chi connectivity index (χ0n) is 12.1. The van der Waals surface area contributed by atoms with E-state index in [0.717, 1.165) is 24.8 Å². The van der Waals surface area contributed by atoms with Gasteiger partial charge in [-0.2, -0.15) is 0 Å². The quantitative estimate of drug-likeness (QED) is 0.764. The van der Waals surface area contributed by atoms with Crippen LogP contribution in [0.1, 0.15) is 19.8 Å². The molecule has 0 spiro atoms. The average Bonchev–Trinajstić information content (AvgIpc) is 2.51. The van der Waals surface area contributed by atoms with Crippen LogP contribution in [0, 0.1) is 5.92 Å². The van der Waals surface area contributed by atoms with E-state index in [1.54, 1.807) is 12.3 Å². The van der Waals surface area contributed by atoms with Crippen LogP contribution in [0.4, 0.5) is 5.69 Å². The van der Waals surface area contributed by atoms with Crippen molar-refractivity contribution in [2.24, 2.45) is 5.92 Å². The zero-order chi connectivity index (χ0) is 14.7. The summed E-state index contributed by atoms with van der Waals surface area (Å²) in [5.41, 5.74) is 1.22. The van der Waals surface area contributed by atoms with Gasteiger partial charge in [-0.1, -0.05) is 24.6 Å². The Morgan fingerprint density at radius 3 is 2.67 bits per heavy atom. The average molecular weight is 303 g/mol. The third-order valence-corrected chi connectivity index (χ3v) is 4.13. The van der Waals surface area contributed by atoms with E-state index >= 15 is 0 Å². The first-order chi connectivity index (χ1) is 10.2. The summed E-state index contributed by atoms with van der Waals surface area (Å²) < 4.78 is 5.84. The molecule has 1 aliphatic rings. The van der Waals surface area contributed by atoms with Gasteiger partial charge < -0.3 is 9.64 Å². The third-order valence-electron chi connectivity index (χ3n) is 3.90. The molecule has 110 valence electrons. The van der Waals surface area contributed by atoms with Crippen LogP contribution < -0.4 is 9.64 Å². The van der Waals surface area contributed by atoms with Crippen molar-refractivity contribution in [1.29, 1.82) is 0 Å². The molecule has 0 saturated carbocycles. The Kier molecular flexibility index (Phi) is 4.30. The van der Waals surface area contributed by atoms with Gasteiger partial charge in [0.15, 0.2) is 0 Å². The van der Waals surface area contributed by atoms with Crippen molar-refractivity contribution in [2.45, 2.75) is 19.8 Å². The monoisotopic (exact) mass is 302 g/mol. The Bertz CT molecular complexity index is 592. The lowest BCUT2D eigenvalue weighted by atomic mass is 9.99. The number of benzene rings is 1. The first-order valence-electron chi connectivity index (χ1n) is 7.35. The van der Waals surface area contributed by atoms with Crippen molar-refractivity contribution in [3.8, 4) is 11.5 Å². The summed E-state index contributed by atoms with van der Waals surface area (Å²) in [4.78, 5) is 6.45. The molecular weight excluding hydrogens is 284 g/mol. The number of hydrogen-bond donors (Lipinski definition) is 0. The molecule has 3 nitrogen and oxygen atoms in total. The lowest BCUT2D eigenvalue weighted by Crippen LogP contribution is -2.32. The van der Waals surface area contributed by atoms with Crippen LogP contribution >= 0.6 is 11.6 Å². The highest BCUT2D eigenvalue weighted by Gasteiger charge is 2.16. The first kappa shape index (κ1) is 14.2. The van der Waals surface area contributed by atoms with Crippen molar-refractivity contribution < 1.29 is 4.74 Å². The Morgan fingerprint density at radius 1 is 1.14 bits per heavy atom. The highest BCUT2D eigenvalue weighted by atomic mass is 35.5. The summed E-state index contributed by atoms with van der Waals surface area (Å²) in [6.07, 6.45) is 4.15. The minimum atomic E-state index is 0.471. The maximum Gasteiger partial charge on any atom is 0.145 e. The highest BCUT2D eigenvalue weighted by molar-refractivity contribution is 6.29. The van der Waals surface area contributed by atoms with E-state index in [4.69, 9.17) is 16.3 Å². The second-order valence-electron chi connectivity index (χ2n) is 5.59. The van der Waals surface area contributed by atoms with E-state index in [1.165, 1.54) is 18.5 Å². The van der Waals surface area contributed by atoms with Crippen LogP contribution in [0.5, 0.6) is 11.5 Å². The number of nitrogens with zero attached hydrogens (tertiary/aromatic N) is 2. The van der Waals surface area contributed by atoms with Gasteiger partial charge >= 0.3 is 0 Å². The molecule has 0 amide bonds. The normalized spacial score (nSPS) is 16.0. The smallest absolute Gasteiger partial charge is 0.145 e. The molecule has 1 aromatic carbocycles. The molecule has 4 heteroatoms. The summed E-state index contributed by atoms with van der Waals surface area (Å²) in [5, 5.41) is 0.471. The van der Waals surface area contributed by atoms with Gasteiger partial charge in [0.1, 0.15) is 16.7 Å². The van der Waals surface area contributed by atoms with E-state index in [2.05, 4.69) is 28.9 Å². The predicted molar refractivity (Wildman–Crippen MR) is 86.4 cm³/mol. The van der Waals surface area contributed by atoms with Crippen molar-refractivity contribution >= 4 is 17.3 Å². The lowest BCUT2D eigenvalue weighted by Gasteiger charge is -2.32. The van der Waals surface area contributed by atoms with Gasteiger partial charge in [0.05, 0.1) is 6.20 Å². The zero-order valence-corrected chi connectivity index (χ0v) is 12.9. The lowest BCUT2D eigenvalue weighted by molar-refractivity contribution is 0.437. The largest absolute Gasteiger partial charge is 0.456 e. The molecule has 1 saturated heterocycles. The molecule has 2 heterocycles. The maximum absolute atomic E-state index is 5.84. The maximum atomic E-state index is 5.84. The summed E-state index contributed by atoms with van der Waals surface area (Å²) in [5.74, 6) is 2.36. The molecule has 0 bridgehead atoms. The van der Waals surface area contributed by atoms with E-state index in [1.807, 2.05) is 18.2 Å². The van der Waals surface area contributed by atoms with Crippen LogP contribution in [0.2, 0.25) is 5.15 Å². The van der Waals surface area contributed by atoms with E-state index in [0.29, 0.717) is 10.9 Å². The first-order valence-corrected chi connectivity index (χ1v) is 7.73. The van der Waals surface area contributed by atoms with Gasteiger partial charge in [0.2, 0.25) is 0 Å². The molecule has 2 aromatic rings. The van der Waals surface area contributed by atoms with Gasteiger partial charge in [0, 0.05) is 24.8 Å². The van der Waals surface area contributed by atoms with Crippen molar-refractivity contribution in [1.82, 2.24) is 4.98 Å². The second-order valence-corrected chi connectivity index (χ2v) is 5.97. The third kappa shape index (κ3) is 3.67. The van der Waals surface area contributed by atoms with Crippen LogP contribution in [-0.4, -0.2) is 18.1 Å². The molecule has 21 heavy (non-hydrogen) atoms. The second kappa shape index (κ2) is 6.35. The van der Waals surface area contributed by atoms with Crippen LogP contribution in [-0.2, 0) is 0 Å². The number of halogens is 1. The van der Waals surface area contributed by atoms with Crippen LogP contribution in [0.3, 0.4) is 0 Å². The highest BCUT2D eigenvalue weighted by Crippen LogP contribution is 2.28. The van der Waals surface area contributed by atoms with Crippen molar-refractivity contribution in [3.63, 3.8) is 0 Å². The van der Waals surface area contributed by atoms with E-state index < -0.39 is 0 Å². The Labute approximate surface area is 130 Å². The topological polar surface area (TPSA) is 25.4 Å². The molecule has 0 radical (unpaired) electrons. The fourth-order valence-corrected chi connectivity index (χ4v) is 2.68. The summed E-state index contributed by atoms with van der Waals surface area (Å²) >= 11 is 5.78. The number of pyridine rings is 1. The number of aromatic nitrogens is 1. The predicted octanol–water partition coefficient (Wildman–Crippen LogP) is 4.76. The molecule has 1 aromatic heterocycles. The Hall–Kier alpha value is -1.74. The van der Waals surface area contributed by atoms with Crippen molar-refractivity contribution in [2.75, 3.05) is 18.0 Å². The summed E-state index contributed by atoms with van der Waals surface area (Å²) in [6.45, 7) is 4.56. The number of anilines is 1. The standard InChI is InChI=1S/C17H19ClN2O/c1-13-7-9-20(10-8-13)14-3-2-4-15(11-14)21-16-5-6-17(18)19-12-16/h2-6,11-13H,7-10H2,1H3. The molecule has 0 aliphatic carbocycles. The minimum absolute atomic E-state index is 0.471. The van der Waals surface area contributed by atoms with Gasteiger partial charge in [-0.15, -0.1) is 0 Å². The molecule has 0 N–H and O–H groups in total. The number of rotatable bonds is 3. The fourth-order valence-electron chi connectivity index (χ4n) is 2.57. The van der Waals surface area contributed by atoms with Gasteiger partial charge in [-0.05, 0) is 43.0 Å². The number of hydrogen-bond acceptors (Lipinski definition) is 3. The fraction of sp³-hybridized carbons (Fsp3) is 0.353. The van der Waals surface area contributed by atoms with Gasteiger partial charge in [-0.3, -0.25) is 0 Å². The van der Waals surface area contributed by atoms with Gasteiger partial charge in [-0.25, -0.2) is 4.98 Å². The SMILES string of the molecule is CC1CCN(c2cccc(Oc3ccc(Cl)nc3)c2)CC1. The molecular formula is C17H19ClN2O. The molecule has 3 rings (SSSR count). The Morgan fingerprint density at radius 2 is 1.95 bits per heavy atom.